The summed E-state index contributed by atoms with van der Waals surface area (Å²) in [5.74, 6) is 1.62. The highest BCUT2D eigenvalue weighted by Gasteiger charge is 2.22. The fourth-order valence-electron chi connectivity index (χ4n) is 2.70. The van der Waals surface area contributed by atoms with Gasteiger partial charge in [0.25, 0.3) is 0 Å². The summed E-state index contributed by atoms with van der Waals surface area (Å²) in [5, 5.41) is 8.39. The molecule has 1 atom stereocenters. The summed E-state index contributed by atoms with van der Waals surface area (Å²) in [5.41, 5.74) is 0.229. The van der Waals surface area contributed by atoms with E-state index in [9.17, 15) is 0 Å². The zero-order valence-corrected chi connectivity index (χ0v) is 12.8. The van der Waals surface area contributed by atoms with E-state index in [0.29, 0.717) is 5.92 Å². The van der Waals surface area contributed by atoms with Crippen LogP contribution in [0.2, 0.25) is 0 Å². The summed E-state index contributed by atoms with van der Waals surface area (Å²) >= 11 is 0. The van der Waals surface area contributed by atoms with Gasteiger partial charge in [0.05, 0.1) is 0 Å². The van der Waals surface area contributed by atoms with Gasteiger partial charge in [0.1, 0.15) is 12.2 Å². The molecule has 104 valence electrons. The van der Waals surface area contributed by atoms with E-state index in [1.165, 1.54) is 12.8 Å². The molecule has 0 aliphatic heterocycles. The van der Waals surface area contributed by atoms with Crippen LogP contribution >= 0.6 is 0 Å². The van der Waals surface area contributed by atoms with Gasteiger partial charge < -0.3 is 9.47 Å². The van der Waals surface area contributed by atoms with Crippen LogP contribution in [0.3, 0.4) is 0 Å². The first-order chi connectivity index (χ1) is 8.35. The average molecular weight is 252 g/mol. The predicted octanol–water partition coefficient (Wildman–Crippen LogP) is 2.77. The van der Waals surface area contributed by atoms with Crippen molar-refractivity contribution in [2.24, 2.45) is 5.41 Å². The molecule has 1 unspecified atom stereocenters. The Kier molecular flexibility index (Phi) is 5.32. The lowest BCUT2D eigenvalue weighted by molar-refractivity contribution is 0.208. The van der Waals surface area contributed by atoms with E-state index in [1.807, 2.05) is 6.33 Å². The van der Waals surface area contributed by atoms with Crippen molar-refractivity contribution in [1.29, 1.82) is 0 Å². The Hall–Kier alpha value is -0.900. The minimum absolute atomic E-state index is 0.229. The van der Waals surface area contributed by atoms with E-state index < -0.39 is 0 Å². The van der Waals surface area contributed by atoms with Crippen LogP contribution in [0.1, 0.15) is 52.3 Å². The van der Waals surface area contributed by atoms with Crippen molar-refractivity contribution in [3.63, 3.8) is 0 Å². The molecule has 0 saturated carbocycles. The molecule has 0 N–H and O–H groups in total. The fourth-order valence-corrected chi connectivity index (χ4v) is 2.70. The Bertz CT molecular complexity index is 354. The molecule has 0 aliphatic rings. The zero-order valence-electron chi connectivity index (χ0n) is 12.8. The Balaban J connectivity index is 2.76. The first kappa shape index (κ1) is 15.2. The number of hydrogen-bond acceptors (Lipinski definition) is 3. The highest BCUT2D eigenvalue weighted by molar-refractivity contribution is 4.95. The first-order valence-corrected chi connectivity index (χ1v) is 6.88. The molecular weight excluding hydrogens is 224 g/mol. The van der Waals surface area contributed by atoms with Gasteiger partial charge in [-0.1, -0.05) is 34.1 Å². The van der Waals surface area contributed by atoms with Crippen LogP contribution in [0.4, 0.5) is 0 Å². The maximum absolute atomic E-state index is 4.30. The summed E-state index contributed by atoms with van der Waals surface area (Å²) in [6.07, 6.45) is 4.24. The standard InChI is InChI=1S/C14H28N4/c1-7-8-12(2)13-16-15-11-18(13)10-14(3,4)9-17(5)6/h11-12H,7-10H2,1-6H3. The van der Waals surface area contributed by atoms with Crippen LogP contribution in [-0.2, 0) is 6.54 Å². The van der Waals surface area contributed by atoms with Crippen LogP contribution in [0, 0.1) is 5.41 Å². The van der Waals surface area contributed by atoms with Crippen LogP contribution in [-0.4, -0.2) is 40.3 Å². The third-order valence-electron chi connectivity index (χ3n) is 3.15. The number of nitrogens with zero attached hydrogens (tertiary/aromatic N) is 4. The van der Waals surface area contributed by atoms with Crippen molar-refractivity contribution in [2.75, 3.05) is 20.6 Å². The molecule has 18 heavy (non-hydrogen) atoms. The largest absolute Gasteiger partial charge is 0.317 e. The SMILES string of the molecule is CCCC(C)c1nncn1CC(C)(C)CN(C)C. The van der Waals surface area contributed by atoms with Crippen molar-refractivity contribution in [2.45, 2.75) is 53.0 Å². The Morgan fingerprint density at radius 3 is 2.61 bits per heavy atom. The van der Waals surface area contributed by atoms with Crippen molar-refractivity contribution in [1.82, 2.24) is 19.7 Å². The molecule has 1 heterocycles. The number of hydrogen-bond donors (Lipinski definition) is 0. The van der Waals surface area contributed by atoms with Gasteiger partial charge in [-0.3, -0.25) is 0 Å². The second-order valence-corrected chi connectivity index (χ2v) is 6.41. The second kappa shape index (κ2) is 6.32. The molecule has 1 aromatic rings. The molecular formula is C14H28N4. The summed E-state index contributed by atoms with van der Waals surface area (Å²) in [6.45, 7) is 11.1. The highest BCUT2D eigenvalue weighted by Crippen LogP contribution is 2.23. The number of aromatic nitrogens is 3. The van der Waals surface area contributed by atoms with Crippen LogP contribution < -0.4 is 0 Å². The van der Waals surface area contributed by atoms with Gasteiger partial charge in [0.2, 0.25) is 0 Å². The van der Waals surface area contributed by atoms with Gasteiger partial charge in [-0.15, -0.1) is 10.2 Å². The molecule has 0 spiro atoms. The quantitative estimate of drug-likeness (QED) is 0.748. The van der Waals surface area contributed by atoms with E-state index in [2.05, 4.69) is 61.5 Å². The lowest BCUT2D eigenvalue weighted by atomic mass is 9.92. The maximum atomic E-state index is 4.30. The smallest absolute Gasteiger partial charge is 0.135 e. The molecule has 0 bridgehead atoms. The Morgan fingerprint density at radius 1 is 1.39 bits per heavy atom. The minimum Gasteiger partial charge on any atom is -0.317 e. The maximum Gasteiger partial charge on any atom is 0.135 e. The summed E-state index contributed by atoms with van der Waals surface area (Å²) in [6, 6.07) is 0. The monoisotopic (exact) mass is 252 g/mol. The third kappa shape index (κ3) is 4.41. The molecule has 0 aliphatic carbocycles. The normalized spacial score (nSPS) is 14.2. The Morgan fingerprint density at radius 2 is 2.06 bits per heavy atom. The molecule has 0 radical (unpaired) electrons. The average Bonchev–Trinajstić information content (AvgIpc) is 2.62. The predicted molar refractivity (Wildman–Crippen MR) is 75.7 cm³/mol. The molecule has 0 saturated heterocycles. The van der Waals surface area contributed by atoms with Crippen molar-refractivity contribution in [3.05, 3.63) is 12.2 Å². The van der Waals surface area contributed by atoms with Gasteiger partial charge >= 0.3 is 0 Å². The van der Waals surface area contributed by atoms with Gasteiger partial charge in [0.15, 0.2) is 0 Å². The van der Waals surface area contributed by atoms with E-state index in [1.54, 1.807) is 0 Å². The zero-order chi connectivity index (χ0) is 13.8. The van der Waals surface area contributed by atoms with Gasteiger partial charge in [-0.2, -0.15) is 0 Å². The summed E-state index contributed by atoms with van der Waals surface area (Å²) < 4.78 is 2.23. The van der Waals surface area contributed by atoms with Gasteiger partial charge in [0, 0.05) is 19.0 Å². The molecule has 1 rings (SSSR count). The third-order valence-corrected chi connectivity index (χ3v) is 3.15. The van der Waals surface area contributed by atoms with Gasteiger partial charge in [-0.05, 0) is 25.9 Å². The number of rotatable bonds is 7. The summed E-state index contributed by atoms with van der Waals surface area (Å²) in [7, 11) is 4.24. The first-order valence-electron chi connectivity index (χ1n) is 6.88. The molecule has 4 heteroatoms. The topological polar surface area (TPSA) is 34.0 Å². The van der Waals surface area contributed by atoms with Gasteiger partial charge in [-0.25, -0.2) is 0 Å². The second-order valence-electron chi connectivity index (χ2n) is 6.41. The molecule has 1 aromatic heterocycles. The fraction of sp³-hybridized carbons (Fsp3) is 0.857. The van der Waals surface area contributed by atoms with E-state index in [4.69, 9.17) is 0 Å². The molecule has 0 aromatic carbocycles. The molecule has 0 amide bonds. The van der Waals surface area contributed by atoms with Crippen LogP contribution in [0.5, 0.6) is 0 Å². The van der Waals surface area contributed by atoms with E-state index in [0.717, 1.165) is 18.9 Å². The van der Waals surface area contributed by atoms with Crippen LogP contribution in [0.15, 0.2) is 6.33 Å². The van der Waals surface area contributed by atoms with Crippen molar-refractivity contribution < 1.29 is 0 Å². The van der Waals surface area contributed by atoms with Crippen LogP contribution in [0.25, 0.3) is 0 Å². The van der Waals surface area contributed by atoms with Crippen molar-refractivity contribution in [3.8, 4) is 0 Å². The van der Waals surface area contributed by atoms with Crippen molar-refractivity contribution >= 4 is 0 Å². The lowest BCUT2D eigenvalue weighted by Gasteiger charge is -2.29. The Labute approximate surface area is 111 Å². The highest BCUT2D eigenvalue weighted by atomic mass is 15.3. The molecule has 4 nitrogen and oxygen atoms in total. The summed E-state index contributed by atoms with van der Waals surface area (Å²) in [4.78, 5) is 2.24. The molecule has 0 fully saturated rings. The van der Waals surface area contributed by atoms with E-state index in [-0.39, 0.29) is 5.41 Å². The lowest BCUT2D eigenvalue weighted by Crippen LogP contribution is -2.32. The van der Waals surface area contributed by atoms with E-state index >= 15 is 0 Å². The minimum atomic E-state index is 0.229.